The SMILES string of the molecule is C/C(C#CC(C)C)=C\CN. The lowest BCUT2D eigenvalue weighted by molar-refractivity contribution is 0.866. The molecule has 0 spiro atoms. The van der Waals surface area contributed by atoms with Crippen molar-refractivity contribution < 1.29 is 0 Å². The van der Waals surface area contributed by atoms with Gasteiger partial charge in [-0.1, -0.05) is 31.8 Å². The Kier molecular flexibility index (Phi) is 4.70. The van der Waals surface area contributed by atoms with E-state index < -0.39 is 0 Å². The summed E-state index contributed by atoms with van der Waals surface area (Å²) in [6, 6.07) is 0. The molecule has 56 valence electrons. The van der Waals surface area contributed by atoms with Crippen LogP contribution in [-0.2, 0) is 0 Å². The van der Waals surface area contributed by atoms with Crippen LogP contribution in [-0.4, -0.2) is 6.54 Å². The minimum absolute atomic E-state index is 0.445. The van der Waals surface area contributed by atoms with Crippen LogP contribution in [0.1, 0.15) is 20.8 Å². The molecule has 0 aromatic carbocycles. The Morgan fingerprint density at radius 1 is 1.60 bits per heavy atom. The van der Waals surface area contributed by atoms with Gasteiger partial charge in [0.25, 0.3) is 0 Å². The van der Waals surface area contributed by atoms with Gasteiger partial charge in [-0.25, -0.2) is 0 Å². The summed E-state index contributed by atoms with van der Waals surface area (Å²) in [5.41, 5.74) is 6.36. The van der Waals surface area contributed by atoms with E-state index >= 15 is 0 Å². The van der Waals surface area contributed by atoms with Crippen LogP contribution in [0.2, 0.25) is 0 Å². The van der Waals surface area contributed by atoms with Crippen LogP contribution >= 0.6 is 0 Å². The Morgan fingerprint density at radius 3 is 2.60 bits per heavy atom. The maximum Gasteiger partial charge on any atom is 0.0149 e. The van der Waals surface area contributed by atoms with Crippen molar-refractivity contribution in [3.63, 3.8) is 0 Å². The fourth-order valence-corrected chi connectivity index (χ4v) is 0.486. The minimum Gasteiger partial charge on any atom is -0.327 e. The zero-order chi connectivity index (χ0) is 7.98. The van der Waals surface area contributed by atoms with E-state index in [1.54, 1.807) is 0 Å². The lowest BCUT2D eigenvalue weighted by atomic mass is 10.2. The van der Waals surface area contributed by atoms with Gasteiger partial charge in [-0.2, -0.15) is 0 Å². The van der Waals surface area contributed by atoms with Crippen molar-refractivity contribution in [2.24, 2.45) is 11.7 Å². The molecule has 0 aromatic rings. The molecule has 10 heavy (non-hydrogen) atoms. The Bertz CT molecular complexity index is 167. The molecule has 0 saturated carbocycles. The number of hydrogen-bond donors (Lipinski definition) is 1. The van der Waals surface area contributed by atoms with Crippen molar-refractivity contribution in [2.45, 2.75) is 20.8 Å². The van der Waals surface area contributed by atoms with Gasteiger partial charge in [-0.05, 0) is 12.5 Å². The van der Waals surface area contributed by atoms with Gasteiger partial charge in [0.05, 0.1) is 0 Å². The molecule has 0 atom stereocenters. The molecule has 0 aliphatic carbocycles. The van der Waals surface area contributed by atoms with Gasteiger partial charge < -0.3 is 5.73 Å². The molecule has 1 nitrogen and oxygen atoms in total. The van der Waals surface area contributed by atoms with Gasteiger partial charge in [0.2, 0.25) is 0 Å². The highest BCUT2D eigenvalue weighted by atomic mass is 14.5. The molecule has 0 rings (SSSR count). The summed E-state index contributed by atoms with van der Waals surface area (Å²) in [7, 11) is 0. The lowest BCUT2D eigenvalue weighted by Crippen LogP contribution is -1.93. The van der Waals surface area contributed by atoms with Crippen molar-refractivity contribution in [2.75, 3.05) is 6.54 Å². The third-order valence-corrected chi connectivity index (χ3v) is 0.982. The van der Waals surface area contributed by atoms with E-state index in [9.17, 15) is 0 Å². The maximum absolute atomic E-state index is 5.29. The molecule has 0 fully saturated rings. The quantitative estimate of drug-likeness (QED) is 0.545. The predicted octanol–water partition coefficient (Wildman–Crippen LogP) is 1.55. The molecule has 1 heteroatoms. The highest BCUT2D eigenvalue weighted by Crippen LogP contribution is 1.91. The second kappa shape index (κ2) is 5.08. The Labute approximate surface area is 63.3 Å². The second-order valence-electron chi connectivity index (χ2n) is 2.55. The van der Waals surface area contributed by atoms with Crippen LogP contribution in [0.4, 0.5) is 0 Å². The van der Waals surface area contributed by atoms with Gasteiger partial charge in [-0.3, -0.25) is 0 Å². The maximum atomic E-state index is 5.29. The highest BCUT2D eigenvalue weighted by Gasteiger charge is 1.81. The summed E-state index contributed by atoms with van der Waals surface area (Å²) in [6.07, 6.45) is 1.93. The fourth-order valence-electron chi connectivity index (χ4n) is 0.486. The van der Waals surface area contributed by atoms with E-state index in [1.807, 2.05) is 13.0 Å². The molecule has 2 N–H and O–H groups in total. The molecular weight excluding hydrogens is 122 g/mol. The summed E-state index contributed by atoms with van der Waals surface area (Å²) < 4.78 is 0. The van der Waals surface area contributed by atoms with E-state index in [1.165, 1.54) is 0 Å². The second-order valence-corrected chi connectivity index (χ2v) is 2.55. The average molecular weight is 137 g/mol. The Morgan fingerprint density at radius 2 is 2.20 bits per heavy atom. The van der Waals surface area contributed by atoms with Gasteiger partial charge in [0.1, 0.15) is 0 Å². The van der Waals surface area contributed by atoms with E-state index in [-0.39, 0.29) is 0 Å². The minimum atomic E-state index is 0.445. The standard InChI is InChI=1S/C9H15N/c1-8(2)4-5-9(3)6-7-10/h6,8H,7,10H2,1-3H3/b9-6+. The smallest absolute Gasteiger partial charge is 0.0149 e. The molecule has 0 bridgehead atoms. The number of rotatable bonds is 1. The summed E-state index contributed by atoms with van der Waals surface area (Å²) in [5.74, 6) is 6.52. The molecule has 0 aliphatic rings. The van der Waals surface area contributed by atoms with Gasteiger partial charge >= 0.3 is 0 Å². The Balaban J connectivity index is 3.91. The van der Waals surface area contributed by atoms with Crippen LogP contribution in [0.3, 0.4) is 0 Å². The molecule has 0 aromatic heterocycles. The fraction of sp³-hybridized carbons (Fsp3) is 0.556. The first-order chi connectivity index (χ1) is 4.66. The average Bonchev–Trinajstić information content (AvgIpc) is 1.85. The number of hydrogen-bond acceptors (Lipinski definition) is 1. The van der Waals surface area contributed by atoms with Gasteiger partial charge in [0, 0.05) is 12.5 Å². The number of allylic oxidation sites excluding steroid dienone is 1. The molecule has 0 aliphatic heterocycles. The monoisotopic (exact) mass is 137 g/mol. The predicted molar refractivity (Wildman–Crippen MR) is 45.4 cm³/mol. The lowest BCUT2D eigenvalue weighted by Gasteiger charge is -1.88. The first-order valence-corrected chi connectivity index (χ1v) is 3.55. The molecule has 0 amide bonds. The van der Waals surface area contributed by atoms with E-state index in [0.717, 1.165) is 5.57 Å². The normalized spacial score (nSPS) is 11.1. The largest absolute Gasteiger partial charge is 0.327 e. The van der Waals surface area contributed by atoms with Crippen LogP contribution < -0.4 is 5.73 Å². The zero-order valence-corrected chi connectivity index (χ0v) is 6.94. The summed E-state index contributed by atoms with van der Waals surface area (Å²) in [4.78, 5) is 0. The van der Waals surface area contributed by atoms with Gasteiger partial charge in [-0.15, -0.1) is 0 Å². The van der Waals surface area contributed by atoms with Crippen molar-refractivity contribution in [1.29, 1.82) is 0 Å². The Hall–Kier alpha value is -0.740. The first kappa shape index (κ1) is 9.26. The van der Waals surface area contributed by atoms with Crippen molar-refractivity contribution >= 4 is 0 Å². The third-order valence-electron chi connectivity index (χ3n) is 0.982. The molecule has 0 saturated heterocycles. The molecule has 0 radical (unpaired) electrons. The molecule has 0 heterocycles. The molecular formula is C9H15N. The van der Waals surface area contributed by atoms with E-state index in [2.05, 4.69) is 25.7 Å². The molecule has 0 unspecified atom stereocenters. The van der Waals surface area contributed by atoms with Crippen LogP contribution in [0.5, 0.6) is 0 Å². The summed E-state index contributed by atoms with van der Waals surface area (Å²) in [5, 5.41) is 0. The zero-order valence-electron chi connectivity index (χ0n) is 6.94. The highest BCUT2D eigenvalue weighted by molar-refractivity contribution is 5.26. The first-order valence-electron chi connectivity index (χ1n) is 3.55. The van der Waals surface area contributed by atoms with Crippen molar-refractivity contribution in [1.82, 2.24) is 0 Å². The third kappa shape index (κ3) is 5.40. The van der Waals surface area contributed by atoms with Crippen molar-refractivity contribution in [3.05, 3.63) is 11.6 Å². The van der Waals surface area contributed by atoms with E-state index in [4.69, 9.17) is 5.73 Å². The van der Waals surface area contributed by atoms with Crippen molar-refractivity contribution in [3.8, 4) is 11.8 Å². The van der Waals surface area contributed by atoms with E-state index in [0.29, 0.717) is 12.5 Å². The topological polar surface area (TPSA) is 26.0 Å². The van der Waals surface area contributed by atoms with Gasteiger partial charge in [0.15, 0.2) is 0 Å². The van der Waals surface area contributed by atoms with Crippen LogP contribution in [0.25, 0.3) is 0 Å². The number of nitrogens with two attached hydrogens (primary N) is 1. The van der Waals surface area contributed by atoms with Crippen LogP contribution in [0.15, 0.2) is 11.6 Å². The summed E-state index contributed by atoms with van der Waals surface area (Å²) >= 11 is 0. The summed E-state index contributed by atoms with van der Waals surface area (Å²) in [6.45, 7) is 6.70. The van der Waals surface area contributed by atoms with Crippen LogP contribution in [0, 0.1) is 17.8 Å².